The Morgan fingerprint density at radius 2 is 1.97 bits per heavy atom. The number of imidazole rings is 1. The van der Waals surface area contributed by atoms with Gasteiger partial charge < -0.3 is 29.0 Å². The molecule has 1 aromatic rings. The number of nitrogens with one attached hydrogen (secondary N) is 1. The van der Waals surface area contributed by atoms with Gasteiger partial charge in [0.05, 0.1) is 18.7 Å². The minimum absolute atomic E-state index is 0.232. The predicted molar refractivity (Wildman–Crippen MR) is 126 cm³/mol. The van der Waals surface area contributed by atoms with Gasteiger partial charge in [0.1, 0.15) is 12.3 Å². The van der Waals surface area contributed by atoms with Crippen LogP contribution in [-0.2, 0) is 20.9 Å². The van der Waals surface area contributed by atoms with Gasteiger partial charge in [-0.25, -0.2) is 9.78 Å². The third kappa shape index (κ3) is 7.90. The molecule has 0 unspecified atom stereocenters. The Balaban J connectivity index is 1.97. The Morgan fingerprint density at radius 3 is 2.56 bits per heavy atom. The van der Waals surface area contributed by atoms with Gasteiger partial charge in [-0.3, -0.25) is 4.79 Å². The lowest BCUT2D eigenvalue weighted by molar-refractivity contribution is -0.0173. The molecule has 0 aromatic carbocycles. The van der Waals surface area contributed by atoms with E-state index in [2.05, 4.69) is 29.9 Å². The highest BCUT2D eigenvalue weighted by Gasteiger charge is 2.35. The number of carbonyl (C=O) groups excluding carboxylic acids is 2. The summed E-state index contributed by atoms with van der Waals surface area (Å²) in [5.41, 5.74) is 0.308. The second-order valence-corrected chi connectivity index (χ2v) is 16.2. The molecule has 1 aliphatic rings. The van der Waals surface area contributed by atoms with Crippen LogP contribution in [0.1, 0.15) is 43.5 Å². The topological polar surface area (TPSA) is 94.9 Å². The summed E-state index contributed by atoms with van der Waals surface area (Å²) < 4.78 is 18.7. The number of aromatic nitrogens is 2. The van der Waals surface area contributed by atoms with E-state index in [4.69, 9.17) is 14.2 Å². The molecule has 1 aromatic heterocycles. The van der Waals surface area contributed by atoms with Crippen molar-refractivity contribution in [3.63, 3.8) is 0 Å². The first-order valence-corrected chi connectivity index (χ1v) is 14.9. The van der Waals surface area contributed by atoms with Crippen LogP contribution in [0.25, 0.3) is 0 Å². The molecule has 2 heterocycles. The van der Waals surface area contributed by atoms with E-state index >= 15 is 0 Å². The van der Waals surface area contributed by atoms with Crippen LogP contribution in [-0.4, -0.2) is 79.1 Å². The van der Waals surface area contributed by atoms with Crippen LogP contribution in [0, 0.1) is 6.92 Å². The molecule has 0 radical (unpaired) electrons. The maximum absolute atomic E-state index is 13.0. The van der Waals surface area contributed by atoms with E-state index in [-0.39, 0.29) is 24.1 Å². The largest absolute Gasteiger partial charge is 0.444 e. The van der Waals surface area contributed by atoms with Crippen LogP contribution in [0.2, 0.25) is 25.7 Å². The number of piperidine rings is 1. The van der Waals surface area contributed by atoms with Gasteiger partial charge in [-0.1, -0.05) is 19.6 Å². The van der Waals surface area contributed by atoms with Crippen molar-refractivity contribution < 1.29 is 23.8 Å². The molecule has 10 heteroatoms. The Bertz CT molecular complexity index is 784. The molecule has 0 bridgehead atoms. The van der Waals surface area contributed by atoms with Gasteiger partial charge in [0, 0.05) is 40.2 Å². The molecule has 0 spiro atoms. The number of nitrogens with zero attached hydrogens (tertiary/aromatic N) is 3. The lowest BCUT2D eigenvalue weighted by Gasteiger charge is -2.38. The number of methoxy groups -OCH3 is 1. The molecule has 1 fully saturated rings. The Kier molecular flexibility index (Phi) is 8.89. The number of rotatable bonds is 8. The van der Waals surface area contributed by atoms with Gasteiger partial charge >= 0.3 is 6.09 Å². The third-order valence-corrected chi connectivity index (χ3v) is 7.01. The van der Waals surface area contributed by atoms with Gasteiger partial charge in [-0.15, -0.1) is 0 Å². The van der Waals surface area contributed by atoms with Crippen molar-refractivity contribution >= 4 is 20.1 Å². The molecular weight excluding hydrogens is 428 g/mol. The van der Waals surface area contributed by atoms with E-state index < -0.39 is 13.7 Å². The number of ether oxygens (including phenoxy) is 3. The van der Waals surface area contributed by atoms with Crippen LogP contribution in [0.3, 0.4) is 0 Å². The van der Waals surface area contributed by atoms with Crippen LogP contribution >= 0.6 is 0 Å². The molecule has 2 amide bonds. The molecule has 1 aliphatic heterocycles. The summed E-state index contributed by atoms with van der Waals surface area (Å²) in [5.74, 6) is 0.0459. The molecule has 9 nitrogen and oxygen atoms in total. The third-order valence-electron chi connectivity index (χ3n) is 5.31. The van der Waals surface area contributed by atoms with E-state index in [1.165, 1.54) is 0 Å². The number of aryl methyl sites for hydroxylation is 1. The standard InChI is InChI=1S/C22H40N4O5Si/c1-16-13-23-19(26(16)15-30-11-12-32(6,7)8)20(27)24-17-9-10-25(14-18(17)29-5)21(28)31-22(2,3)4/h13,17-18H,9-12,14-15H2,1-8H3,(H,24,27)/t17-,18+/m0/s1. The van der Waals surface area contributed by atoms with Crippen molar-refractivity contribution in [2.24, 2.45) is 0 Å². The first-order valence-electron chi connectivity index (χ1n) is 11.2. The van der Waals surface area contributed by atoms with Crippen molar-refractivity contribution in [3.8, 4) is 0 Å². The summed E-state index contributed by atoms with van der Waals surface area (Å²) in [6, 6.07) is 0.832. The van der Waals surface area contributed by atoms with E-state index in [9.17, 15) is 9.59 Å². The zero-order valence-electron chi connectivity index (χ0n) is 20.9. The van der Waals surface area contributed by atoms with Crippen LogP contribution in [0.15, 0.2) is 6.20 Å². The van der Waals surface area contributed by atoms with Gasteiger partial charge in [-0.2, -0.15) is 0 Å². The van der Waals surface area contributed by atoms with Gasteiger partial charge in [0.2, 0.25) is 5.82 Å². The molecule has 32 heavy (non-hydrogen) atoms. The Labute approximate surface area is 192 Å². The van der Waals surface area contributed by atoms with Crippen LogP contribution in [0.5, 0.6) is 0 Å². The van der Waals surface area contributed by atoms with Crippen LogP contribution < -0.4 is 5.32 Å². The SMILES string of the molecule is CO[C@@H]1CN(C(=O)OC(C)(C)C)CC[C@@H]1NC(=O)c1ncc(C)n1COCC[Si](C)(C)C. The molecule has 0 aliphatic carbocycles. The maximum atomic E-state index is 13.0. The lowest BCUT2D eigenvalue weighted by atomic mass is 10.0. The van der Waals surface area contributed by atoms with Gasteiger partial charge in [0.25, 0.3) is 5.91 Å². The van der Waals surface area contributed by atoms with Crippen molar-refractivity contribution in [3.05, 3.63) is 17.7 Å². The molecule has 2 atom stereocenters. The van der Waals surface area contributed by atoms with Gasteiger partial charge in [0.15, 0.2) is 0 Å². The molecular formula is C22H40N4O5Si. The van der Waals surface area contributed by atoms with Crippen molar-refractivity contribution in [1.29, 1.82) is 0 Å². The second kappa shape index (κ2) is 10.8. The van der Waals surface area contributed by atoms with E-state index in [1.54, 1.807) is 22.8 Å². The van der Waals surface area contributed by atoms with Crippen molar-refractivity contribution in [2.45, 2.75) is 84.3 Å². The first kappa shape index (κ1) is 26.3. The summed E-state index contributed by atoms with van der Waals surface area (Å²) in [6.07, 6.45) is 1.54. The van der Waals surface area contributed by atoms with E-state index in [1.807, 2.05) is 27.7 Å². The number of carbonyl (C=O) groups is 2. The van der Waals surface area contributed by atoms with Crippen molar-refractivity contribution in [2.75, 3.05) is 26.8 Å². The summed E-state index contributed by atoms with van der Waals surface area (Å²) in [6.45, 7) is 16.1. The molecule has 182 valence electrons. The molecule has 1 saturated heterocycles. The highest BCUT2D eigenvalue weighted by atomic mass is 28.3. The monoisotopic (exact) mass is 468 g/mol. The minimum Gasteiger partial charge on any atom is -0.444 e. The summed E-state index contributed by atoms with van der Waals surface area (Å²) in [4.78, 5) is 31.3. The first-order chi connectivity index (χ1) is 14.8. The maximum Gasteiger partial charge on any atom is 0.410 e. The normalized spacial score (nSPS) is 19.7. The zero-order chi connectivity index (χ0) is 24.1. The fraction of sp³-hybridized carbons (Fsp3) is 0.773. The summed E-state index contributed by atoms with van der Waals surface area (Å²) in [7, 11) is 0.406. The fourth-order valence-electron chi connectivity index (χ4n) is 3.39. The number of hydrogen-bond acceptors (Lipinski definition) is 6. The van der Waals surface area contributed by atoms with Crippen LogP contribution in [0.4, 0.5) is 4.79 Å². The highest BCUT2D eigenvalue weighted by molar-refractivity contribution is 6.76. The number of likely N-dealkylation sites (tertiary alicyclic amines) is 1. The smallest absolute Gasteiger partial charge is 0.410 e. The van der Waals surface area contributed by atoms with E-state index in [0.29, 0.717) is 38.7 Å². The molecule has 0 saturated carbocycles. The summed E-state index contributed by atoms with van der Waals surface area (Å²) >= 11 is 0. The summed E-state index contributed by atoms with van der Waals surface area (Å²) in [5, 5.41) is 3.04. The quantitative estimate of drug-likeness (QED) is 0.465. The average Bonchev–Trinajstić information content (AvgIpc) is 3.04. The lowest BCUT2D eigenvalue weighted by Crippen LogP contribution is -2.56. The average molecular weight is 469 g/mol. The second-order valence-electron chi connectivity index (χ2n) is 10.6. The fourth-order valence-corrected chi connectivity index (χ4v) is 4.14. The Morgan fingerprint density at radius 1 is 1.28 bits per heavy atom. The zero-order valence-corrected chi connectivity index (χ0v) is 21.9. The minimum atomic E-state index is -1.18. The van der Waals surface area contributed by atoms with Crippen molar-refractivity contribution in [1.82, 2.24) is 19.8 Å². The van der Waals surface area contributed by atoms with E-state index in [0.717, 1.165) is 11.7 Å². The molecule has 2 rings (SSSR count). The predicted octanol–water partition coefficient (Wildman–Crippen LogP) is 3.26. The number of amides is 2. The Hall–Kier alpha value is -1.91. The van der Waals surface area contributed by atoms with Gasteiger partial charge in [-0.05, 0) is 40.2 Å². The molecule has 1 N–H and O–H groups in total. The highest BCUT2D eigenvalue weighted by Crippen LogP contribution is 2.18. The number of hydrogen-bond donors (Lipinski definition) is 1.